The molecule has 1 aromatic heterocycles. The minimum Gasteiger partial charge on any atom is -0.496 e. The van der Waals surface area contributed by atoms with Gasteiger partial charge in [0.25, 0.3) is 5.91 Å². The van der Waals surface area contributed by atoms with Gasteiger partial charge in [-0.15, -0.1) is 0 Å². The monoisotopic (exact) mass is 454 g/mol. The van der Waals surface area contributed by atoms with E-state index in [4.69, 9.17) is 4.74 Å². The maximum Gasteiger partial charge on any atom is 0.271 e. The molecular formula is C22H23BrN4O2. The summed E-state index contributed by atoms with van der Waals surface area (Å²) in [6, 6.07) is 13.1. The van der Waals surface area contributed by atoms with E-state index in [1.807, 2.05) is 55.8 Å². The zero-order chi connectivity index (χ0) is 21.0. The molecular weight excluding hydrogens is 432 g/mol. The topological polar surface area (TPSA) is 68.5 Å². The Morgan fingerprint density at radius 3 is 2.55 bits per heavy atom. The van der Waals surface area contributed by atoms with Gasteiger partial charge in [-0.25, -0.2) is 5.43 Å². The number of halogens is 1. The van der Waals surface area contributed by atoms with Gasteiger partial charge in [-0.3, -0.25) is 9.48 Å². The number of benzene rings is 2. The summed E-state index contributed by atoms with van der Waals surface area (Å²) >= 11 is 3.56. The number of hydrogen-bond acceptors (Lipinski definition) is 4. The maximum atomic E-state index is 12.2. The molecule has 0 saturated carbocycles. The number of carbonyl (C=O) groups excluding carboxylic acids is 1. The van der Waals surface area contributed by atoms with Crippen molar-refractivity contribution in [1.82, 2.24) is 15.2 Å². The number of rotatable bonds is 6. The maximum absolute atomic E-state index is 12.2. The van der Waals surface area contributed by atoms with Crippen LogP contribution in [0.3, 0.4) is 0 Å². The summed E-state index contributed by atoms with van der Waals surface area (Å²) in [6.45, 7) is 6.53. The van der Waals surface area contributed by atoms with E-state index < -0.39 is 0 Å². The molecule has 0 aliphatic heterocycles. The Morgan fingerprint density at radius 1 is 1.21 bits per heavy atom. The van der Waals surface area contributed by atoms with Gasteiger partial charge in [0.2, 0.25) is 0 Å². The van der Waals surface area contributed by atoms with Crippen LogP contribution in [0, 0.1) is 20.8 Å². The van der Waals surface area contributed by atoms with Crippen LogP contribution in [-0.4, -0.2) is 29.0 Å². The van der Waals surface area contributed by atoms with Crippen molar-refractivity contribution in [2.75, 3.05) is 7.11 Å². The summed E-state index contributed by atoms with van der Waals surface area (Å²) in [5.41, 5.74) is 8.05. The second-order valence-corrected chi connectivity index (χ2v) is 7.57. The molecule has 0 aliphatic rings. The highest BCUT2D eigenvalue weighted by Gasteiger charge is 2.12. The molecule has 29 heavy (non-hydrogen) atoms. The predicted octanol–water partition coefficient (Wildman–Crippen LogP) is 4.39. The van der Waals surface area contributed by atoms with Gasteiger partial charge < -0.3 is 4.74 Å². The molecule has 3 aromatic rings. The van der Waals surface area contributed by atoms with Gasteiger partial charge in [0.05, 0.1) is 35.7 Å². The standard InChI is InChI=1S/C22H23BrN4O2/c1-14-5-8-18(9-6-14)22(28)25-24-12-17-7-10-20(29-4)19(11-17)13-27-16(3)21(23)15(2)26-27/h5-12H,13H2,1-4H3,(H,25,28)/b24-12+. The number of aryl methyl sites for hydroxylation is 2. The lowest BCUT2D eigenvalue weighted by Gasteiger charge is -2.11. The van der Waals surface area contributed by atoms with Crippen molar-refractivity contribution in [2.45, 2.75) is 27.3 Å². The van der Waals surface area contributed by atoms with Gasteiger partial charge in [0, 0.05) is 11.1 Å². The van der Waals surface area contributed by atoms with E-state index >= 15 is 0 Å². The zero-order valence-electron chi connectivity index (χ0n) is 16.9. The minimum atomic E-state index is -0.248. The Labute approximate surface area is 178 Å². The molecule has 0 unspecified atom stereocenters. The fourth-order valence-corrected chi connectivity index (χ4v) is 3.21. The van der Waals surface area contributed by atoms with Gasteiger partial charge in [0.1, 0.15) is 5.75 Å². The number of ether oxygens (including phenoxy) is 1. The van der Waals surface area contributed by atoms with Crippen LogP contribution in [0.4, 0.5) is 0 Å². The van der Waals surface area contributed by atoms with Gasteiger partial charge in [-0.1, -0.05) is 17.7 Å². The minimum absolute atomic E-state index is 0.248. The van der Waals surface area contributed by atoms with Gasteiger partial charge in [0.15, 0.2) is 0 Å². The summed E-state index contributed by atoms with van der Waals surface area (Å²) < 4.78 is 8.43. The average Bonchev–Trinajstić information content (AvgIpc) is 2.95. The van der Waals surface area contributed by atoms with E-state index in [1.54, 1.807) is 25.5 Å². The molecule has 2 aromatic carbocycles. The summed E-state index contributed by atoms with van der Waals surface area (Å²) in [6.07, 6.45) is 1.62. The average molecular weight is 455 g/mol. The van der Waals surface area contributed by atoms with Crippen molar-refractivity contribution in [3.8, 4) is 5.75 Å². The number of carbonyl (C=O) groups is 1. The highest BCUT2D eigenvalue weighted by atomic mass is 79.9. The van der Waals surface area contributed by atoms with Gasteiger partial charge in [-0.05, 0) is 72.6 Å². The third-order valence-corrected chi connectivity index (χ3v) is 5.76. The van der Waals surface area contributed by atoms with Gasteiger partial charge >= 0.3 is 0 Å². The number of hydrazone groups is 1. The van der Waals surface area contributed by atoms with E-state index in [2.05, 4.69) is 31.6 Å². The van der Waals surface area contributed by atoms with Crippen molar-refractivity contribution in [1.29, 1.82) is 0 Å². The van der Waals surface area contributed by atoms with Crippen molar-refractivity contribution >= 4 is 28.1 Å². The zero-order valence-corrected chi connectivity index (χ0v) is 18.4. The molecule has 0 fully saturated rings. The molecule has 0 atom stereocenters. The Balaban J connectivity index is 1.75. The number of nitrogens with zero attached hydrogens (tertiary/aromatic N) is 3. The molecule has 7 heteroatoms. The lowest BCUT2D eigenvalue weighted by molar-refractivity contribution is 0.0955. The van der Waals surface area contributed by atoms with E-state index in [1.165, 1.54) is 0 Å². The number of nitrogens with one attached hydrogen (secondary N) is 1. The van der Waals surface area contributed by atoms with Crippen LogP contribution < -0.4 is 10.2 Å². The molecule has 0 radical (unpaired) electrons. The first-order valence-electron chi connectivity index (χ1n) is 9.15. The van der Waals surface area contributed by atoms with Crippen LogP contribution in [-0.2, 0) is 6.54 Å². The SMILES string of the molecule is COc1ccc(/C=N/NC(=O)c2ccc(C)cc2)cc1Cn1nc(C)c(Br)c1C. The summed E-state index contributed by atoms with van der Waals surface area (Å²) in [5.74, 6) is 0.525. The lowest BCUT2D eigenvalue weighted by atomic mass is 10.1. The van der Waals surface area contributed by atoms with Crippen molar-refractivity contribution in [2.24, 2.45) is 5.10 Å². The van der Waals surface area contributed by atoms with E-state index in [0.717, 1.165) is 38.3 Å². The van der Waals surface area contributed by atoms with Crippen LogP contribution in [0.5, 0.6) is 5.75 Å². The molecule has 6 nitrogen and oxygen atoms in total. The normalized spacial score (nSPS) is 11.1. The first-order valence-corrected chi connectivity index (χ1v) is 9.95. The molecule has 3 rings (SSSR count). The predicted molar refractivity (Wildman–Crippen MR) is 118 cm³/mol. The highest BCUT2D eigenvalue weighted by Crippen LogP contribution is 2.24. The second kappa shape index (κ2) is 9.05. The Morgan fingerprint density at radius 2 is 1.93 bits per heavy atom. The molecule has 0 saturated heterocycles. The van der Waals surface area contributed by atoms with Crippen LogP contribution in [0.1, 0.15) is 38.4 Å². The van der Waals surface area contributed by atoms with Crippen LogP contribution >= 0.6 is 15.9 Å². The number of hydrogen-bond donors (Lipinski definition) is 1. The molecule has 1 N–H and O–H groups in total. The Hall–Kier alpha value is -2.93. The van der Waals surface area contributed by atoms with Gasteiger partial charge in [-0.2, -0.15) is 10.2 Å². The highest BCUT2D eigenvalue weighted by molar-refractivity contribution is 9.10. The summed E-state index contributed by atoms with van der Waals surface area (Å²) in [5, 5.41) is 8.64. The van der Waals surface area contributed by atoms with E-state index in [-0.39, 0.29) is 5.91 Å². The third-order valence-electron chi connectivity index (χ3n) is 4.61. The van der Waals surface area contributed by atoms with Crippen molar-refractivity contribution in [3.63, 3.8) is 0 Å². The summed E-state index contributed by atoms with van der Waals surface area (Å²) in [4.78, 5) is 12.2. The molecule has 1 heterocycles. The fraction of sp³-hybridized carbons (Fsp3) is 0.227. The number of aromatic nitrogens is 2. The Kier molecular flexibility index (Phi) is 6.49. The van der Waals surface area contributed by atoms with Crippen LogP contribution in [0.2, 0.25) is 0 Å². The number of methoxy groups -OCH3 is 1. The van der Waals surface area contributed by atoms with Crippen molar-refractivity contribution < 1.29 is 9.53 Å². The molecule has 150 valence electrons. The summed E-state index contributed by atoms with van der Waals surface area (Å²) in [7, 11) is 1.64. The Bertz CT molecular complexity index is 1060. The fourth-order valence-electron chi connectivity index (χ4n) is 2.93. The first kappa shape index (κ1) is 20.8. The number of amides is 1. The largest absolute Gasteiger partial charge is 0.496 e. The van der Waals surface area contributed by atoms with Crippen LogP contribution in [0.25, 0.3) is 0 Å². The molecule has 1 amide bonds. The van der Waals surface area contributed by atoms with Crippen molar-refractivity contribution in [3.05, 3.63) is 80.6 Å². The third kappa shape index (κ3) is 4.92. The molecule has 0 aliphatic carbocycles. The molecule has 0 bridgehead atoms. The first-order chi connectivity index (χ1) is 13.9. The lowest BCUT2D eigenvalue weighted by Crippen LogP contribution is -2.17. The smallest absolute Gasteiger partial charge is 0.271 e. The van der Waals surface area contributed by atoms with Crippen LogP contribution in [0.15, 0.2) is 52.0 Å². The van der Waals surface area contributed by atoms with E-state index in [9.17, 15) is 4.79 Å². The second-order valence-electron chi connectivity index (χ2n) is 6.78. The quantitative estimate of drug-likeness (QED) is 0.443. The molecule has 0 spiro atoms. The van der Waals surface area contributed by atoms with E-state index in [0.29, 0.717) is 12.1 Å².